The van der Waals surface area contributed by atoms with Crippen LogP contribution in [0.25, 0.3) is 0 Å². The van der Waals surface area contributed by atoms with E-state index < -0.39 is 38.1 Å². The fraction of sp³-hybridized carbons (Fsp3) is 0.457. The molecule has 2 N–H and O–H groups in total. The van der Waals surface area contributed by atoms with Crippen LogP contribution in [-0.4, -0.2) is 88.7 Å². The lowest BCUT2D eigenvalue weighted by molar-refractivity contribution is -0.00833. The average Bonchev–Trinajstić information content (AvgIpc) is 3.06. The first-order valence-electron chi connectivity index (χ1n) is 16.2. The van der Waals surface area contributed by atoms with Crippen LogP contribution in [0.4, 0.5) is 5.69 Å². The van der Waals surface area contributed by atoms with Gasteiger partial charge >= 0.3 is 0 Å². The molecule has 0 saturated carbocycles. The van der Waals surface area contributed by atoms with E-state index in [1.807, 2.05) is 20.8 Å². The van der Waals surface area contributed by atoms with Crippen LogP contribution in [-0.2, 0) is 24.8 Å². The third-order valence-electron chi connectivity index (χ3n) is 8.52. The normalized spacial score (nSPS) is 20.8. The number of hydrogen-bond donors (Lipinski definition) is 2. The molecule has 0 bridgehead atoms. The number of nitrogens with one attached hydrogen (secondary N) is 1. The fourth-order valence-corrected chi connectivity index (χ4v) is 7.76. The van der Waals surface area contributed by atoms with Gasteiger partial charge in [0.15, 0.2) is 0 Å². The van der Waals surface area contributed by atoms with Gasteiger partial charge in [-0.05, 0) is 82.5 Å². The molecule has 11 nitrogen and oxygen atoms in total. The summed E-state index contributed by atoms with van der Waals surface area (Å²) in [6, 6.07) is 18.6. The maximum Gasteiger partial charge on any atom is 0.261 e. The molecule has 0 unspecified atom stereocenters. The van der Waals surface area contributed by atoms with Crippen LogP contribution >= 0.6 is 0 Å². The molecule has 4 rings (SSSR count). The lowest BCUT2D eigenvalue weighted by atomic mass is 10.0. The molecule has 1 aliphatic rings. The summed E-state index contributed by atoms with van der Waals surface area (Å²) in [6.45, 7) is 7.62. The predicted octanol–water partition coefficient (Wildman–Crippen LogP) is 4.91. The van der Waals surface area contributed by atoms with Gasteiger partial charge in [0.2, 0.25) is 10.0 Å². The topological polar surface area (TPSA) is 143 Å². The third-order valence-corrected chi connectivity index (χ3v) is 11.8. The zero-order valence-electron chi connectivity index (χ0n) is 28.2. The molecule has 13 heteroatoms. The van der Waals surface area contributed by atoms with Crippen LogP contribution in [0.5, 0.6) is 5.75 Å². The quantitative estimate of drug-likeness (QED) is 0.321. The minimum Gasteiger partial charge on any atom is -0.490 e. The van der Waals surface area contributed by atoms with Crippen molar-refractivity contribution in [2.45, 2.75) is 75.0 Å². The molecule has 0 aliphatic carbocycles. The van der Waals surface area contributed by atoms with E-state index in [1.165, 1.54) is 34.5 Å². The van der Waals surface area contributed by atoms with E-state index in [2.05, 4.69) is 4.72 Å². The van der Waals surface area contributed by atoms with Crippen molar-refractivity contribution in [3.05, 3.63) is 83.9 Å². The summed E-state index contributed by atoms with van der Waals surface area (Å²) in [5.74, 6) is -0.529. The standard InChI is InChI=1S/C35H47N3O8S2/c1-25-14-17-31(18-15-25)48(43,44)37(5)23-34-26(2)22-38(27(3)24-39)35(40)32-21-29(36-47(41,42)30-12-7-6-8-13-30)16-19-33(32)46-28(4)11-9-10-20-45-34/h6-8,12-19,21,26-28,34,36,39H,9-11,20,22-24H2,1-5H3/t26-,27+,28-,34+/m1/s1. The Kier molecular flexibility index (Phi) is 12.7. The molecule has 0 radical (unpaired) electrons. The second-order valence-corrected chi connectivity index (χ2v) is 16.3. The van der Waals surface area contributed by atoms with Crippen molar-refractivity contribution in [3.63, 3.8) is 0 Å². The summed E-state index contributed by atoms with van der Waals surface area (Å²) in [6.07, 6.45) is 1.31. The lowest BCUT2D eigenvalue weighted by Crippen LogP contribution is -2.48. The number of carbonyl (C=O) groups excluding carboxylic acids is 1. The molecule has 0 fully saturated rings. The number of amides is 1. The predicted molar refractivity (Wildman–Crippen MR) is 185 cm³/mol. The van der Waals surface area contributed by atoms with Crippen LogP contribution in [0.2, 0.25) is 0 Å². The number of rotatable bonds is 9. The molecule has 3 aromatic rings. The summed E-state index contributed by atoms with van der Waals surface area (Å²) < 4.78 is 69.5. The Morgan fingerprint density at radius 1 is 0.979 bits per heavy atom. The van der Waals surface area contributed by atoms with Crippen LogP contribution in [0.3, 0.4) is 0 Å². The second kappa shape index (κ2) is 16.3. The fourth-order valence-electron chi connectivity index (χ4n) is 5.50. The summed E-state index contributed by atoms with van der Waals surface area (Å²) >= 11 is 0. The molecule has 1 heterocycles. The van der Waals surface area contributed by atoms with Gasteiger partial charge in [-0.15, -0.1) is 0 Å². The van der Waals surface area contributed by atoms with E-state index in [-0.39, 0.29) is 52.8 Å². The molecule has 0 aromatic heterocycles. The third kappa shape index (κ3) is 9.35. The number of fused-ring (bicyclic) bond motifs is 1. The van der Waals surface area contributed by atoms with E-state index in [0.29, 0.717) is 25.2 Å². The Labute approximate surface area is 285 Å². The van der Waals surface area contributed by atoms with Gasteiger partial charge in [-0.3, -0.25) is 9.52 Å². The van der Waals surface area contributed by atoms with Gasteiger partial charge in [0.1, 0.15) is 5.75 Å². The summed E-state index contributed by atoms with van der Waals surface area (Å²) in [5.41, 5.74) is 1.26. The number of carbonyl (C=O) groups is 1. The van der Waals surface area contributed by atoms with Crippen LogP contribution < -0.4 is 9.46 Å². The largest absolute Gasteiger partial charge is 0.490 e. The minimum atomic E-state index is -3.94. The highest BCUT2D eigenvalue weighted by Gasteiger charge is 2.32. The molecular formula is C35H47N3O8S2. The number of ether oxygens (including phenoxy) is 2. The van der Waals surface area contributed by atoms with Crippen molar-refractivity contribution in [3.8, 4) is 5.75 Å². The van der Waals surface area contributed by atoms with Crippen LogP contribution in [0, 0.1) is 12.8 Å². The van der Waals surface area contributed by atoms with Gasteiger partial charge in [0.05, 0.1) is 40.2 Å². The van der Waals surface area contributed by atoms with E-state index in [1.54, 1.807) is 61.5 Å². The van der Waals surface area contributed by atoms with Gasteiger partial charge in [-0.1, -0.05) is 42.8 Å². The summed E-state index contributed by atoms with van der Waals surface area (Å²) in [4.78, 5) is 16.1. The maximum absolute atomic E-state index is 14.4. The minimum absolute atomic E-state index is 0.0500. The highest BCUT2D eigenvalue weighted by atomic mass is 32.2. The Bertz CT molecular complexity index is 1740. The second-order valence-electron chi connectivity index (χ2n) is 12.5. The number of anilines is 1. The van der Waals surface area contributed by atoms with E-state index in [4.69, 9.17) is 9.47 Å². The zero-order chi connectivity index (χ0) is 35.1. The average molecular weight is 702 g/mol. The van der Waals surface area contributed by atoms with Crippen molar-refractivity contribution in [1.29, 1.82) is 0 Å². The van der Waals surface area contributed by atoms with Gasteiger partial charge in [-0.25, -0.2) is 16.8 Å². The van der Waals surface area contributed by atoms with E-state index >= 15 is 0 Å². The van der Waals surface area contributed by atoms with Gasteiger partial charge in [-0.2, -0.15) is 4.31 Å². The zero-order valence-corrected chi connectivity index (χ0v) is 29.8. The van der Waals surface area contributed by atoms with E-state index in [9.17, 15) is 26.7 Å². The van der Waals surface area contributed by atoms with Gasteiger partial charge in [0, 0.05) is 38.3 Å². The number of likely N-dealkylation sites (N-methyl/N-ethyl adjacent to an activating group) is 1. The molecule has 262 valence electrons. The number of aliphatic hydroxyl groups excluding tert-OH is 1. The smallest absolute Gasteiger partial charge is 0.261 e. The molecule has 1 amide bonds. The van der Waals surface area contributed by atoms with Crippen molar-refractivity contribution in [2.75, 3.05) is 38.1 Å². The van der Waals surface area contributed by atoms with Gasteiger partial charge in [0.25, 0.3) is 15.9 Å². The van der Waals surface area contributed by atoms with Crippen molar-refractivity contribution < 1.29 is 36.2 Å². The molecule has 0 spiro atoms. The summed E-state index contributed by atoms with van der Waals surface area (Å²) in [5, 5.41) is 10.2. The number of nitrogens with zero attached hydrogens (tertiary/aromatic N) is 2. The summed E-state index contributed by atoms with van der Waals surface area (Å²) in [7, 11) is -6.23. The Morgan fingerprint density at radius 2 is 1.67 bits per heavy atom. The van der Waals surface area contributed by atoms with Crippen LogP contribution in [0.15, 0.2) is 82.6 Å². The van der Waals surface area contributed by atoms with E-state index in [0.717, 1.165) is 12.0 Å². The lowest BCUT2D eigenvalue weighted by Gasteiger charge is -2.35. The number of benzene rings is 3. The monoisotopic (exact) mass is 701 g/mol. The highest BCUT2D eigenvalue weighted by Crippen LogP contribution is 2.30. The van der Waals surface area contributed by atoms with Crippen molar-refractivity contribution >= 4 is 31.6 Å². The molecule has 48 heavy (non-hydrogen) atoms. The molecule has 0 saturated heterocycles. The van der Waals surface area contributed by atoms with Crippen LogP contribution in [0.1, 0.15) is 56.0 Å². The molecule has 3 aromatic carbocycles. The maximum atomic E-state index is 14.4. The molecule has 1 aliphatic heterocycles. The Morgan fingerprint density at radius 3 is 2.33 bits per heavy atom. The SMILES string of the molecule is Cc1ccc(S(=O)(=O)N(C)C[C@@H]2OCCCC[C@@H](C)Oc3ccc(NS(=O)(=O)c4ccccc4)cc3C(=O)N([C@@H](C)CO)C[C@H]2C)cc1. The number of aryl methyl sites for hydroxylation is 1. The number of hydrogen-bond acceptors (Lipinski definition) is 8. The Balaban J connectivity index is 1.67. The number of aliphatic hydroxyl groups is 1. The first-order valence-corrected chi connectivity index (χ1v) is 19.1. The first kappa shape index (κ1) is 37.3. The van der Waals surface area contributed by atoms with Crippen molar-refractivity contribution in [2.24, 2.45) is 5.92 Å². The number of sulfonamides is 2. The Hall–Kier alpha value is -3.49. The molecule has 4 atom stereocenters. The van der Waals surface area contributed by atoms with Gasteiger partial charge < -0.3 is 19.5 Å². The molecular weight excluding hydrogens is 655 g/mol. The highest BCUT2D eigenvalue weighted by molar-refractivity contribution is 7.92. The van der Waals surface area contributed by atoms with Crippen molar-refractivity contribution in [1.82, 2.24) is 9.21 Å². The first-order chi connectivity index (χ1) is 22.7.